The fourth-order valence-corrected chi connectivity index (χ4v) is 1.71. The summed E-state index contributed by atoms with van der Waals surface area (Å²) < 4.78 is 5.15. The van der Waals surface area contributed by atoms with Gasteiger partial charge in [-0.25, -0.2) is 0 Å². The summed E-state index contributed by atoms with van der Waals surface area (Å²) in [5.74, 6) is -2.05. The summed E-state index contributed by atoms with van der Waals surface area (Å²) in [5.41, 5.74) is 0.560. The fraction of sp³-hybridized carbons (Fsp3) is 0.385. The molecule has 1 rings (SSSR count). The number of carbonyl (C=O) groups is 2. The maximum atomic E-state index is 12.1. The van der Waals surface area contributed by atoms with Gasteiger partial charge in [0.2, 0.25) is 5.91 Å². The van der Waals surface area contributed by atoms with Gasteiger partial charge >= 0.3 is 5.97 Å². The number of aliphatic carboxylic acids is 1. The molecule has 0 saturated heterocycles. The van der Waals surface area contributed by atoms with Gasteiger partial charge in [-0.2, -0.15) is 0 Å². The van der Waals surface area contributed by atoms with E-state index < -0.39 is 17.8 Å². The van der Waals surface area contributed by atoms with E-state index in [-0.39, 0.29) is 6.42 Å². The van der Waals surface area contributed by atoms with Crippen LogP contribution in [-0.2, 0) is 9.59 Å². The first-order valence-electron chi connectivity index (χ1n) is 5.66. The Morgan fingerprint density at radius 3 is 2.50 bits per heavy atom. The summed E-state index contributed by atoms with van der Waals surface area (Å²) in [4.78, 5) is 24.4. The Morgan fingerprint density at radius 1 is 1.39 bits per heavy atom. The van der Waals surface area contributed by atoms with E-state index in [2.05, 4.69) is 0 Å². The highest BCUT2D eigenvalue weighted by atomic mass is 16.5. The minimum atomic E-state index is -1.11. The van der Waals surface area contributed by atoms with Gasteiger partial charge in [0.05, 0.1) is 12.8 Å². The SMILES string of the molecule is CCC(C(=O)O)C(=O)N(C)c1ccccc1OC. The molecule has 1 unspecified atom stereocenters. The lowest BCUT2D eigenvalue weighted by Crippen LogP contribution is -2.36. The number of rotatable bonds is 5. The van der Waals surface area contributed by atoms with E-state index in [9.17, 15) is 9.59 Å². The monoisotopic (exact) mass is 251 g/mol. The van der Waals surface area contributed by atoms with Crippen LogP contribution in [0.2, 0.25) is 0 Å². The largest absolute Gasteiger partial charge is 0.495 e. The molecule has 18 heavy (non-hydrogen) atoms. The zero-order valence-electron chi connectivity index (χ0n) is 10.7. The molecule has 0 aliphatic carbocycles. The first kappa shape index (κ1) is 14.0. The lowest BCUT2D eigenvalue weighted by Gasteiger charge is -2.22. The van der Waals surface area contributed by atoms with Crippen molar-refractivity contribution in [1.29, 1.82) is 0 Å². The minimum Gasteiger partial charge on any atom is -0.495 e. The number of para-hydroxylation sites is 2. The van der Waals surface area contributed by atoms with Crippen molar-refractivity contribution in [3.63, 3.8) is 0 Å². The van der Waals surface area contributed by atoms with Crippen LogP contribution < -0.4 is 9.64 Å². The van der Waals surface area contributed by atoms with E-state index in [1.165, 1.54) is 12.0 Å². The van der Waals surface area contributed by atoms with Crippen LogP contribution in [0.25, 0.3) is 0 Å². The highest BCUT2D eigenvalue weighted by molar-refractivity contribution is 6.05. The van der Waals surface area contributed by atoms with Crippen LogP contribution >= 0.6 is 0 Å². The molecule has 1 aromatic rings. The van der Waals surface area contributed by atoms with Gasteiger partial charge in [-0.1, -0.05) is 19.1 Å². The molecule has 0 fully saturated rings. The Balaban J connectivity index is 3.02. The number of ether oxygens (including phenoxy) is 1. The third-order valence-electron chi connectivity index (χ3n) is 2.78. The van der Waals surface area contributed by atoms with Gasteiger partial charge < -0.3 is 14.7 Å². The van der Waals surface area contributed by atoms with E-state index in [0.717, 1.165) is 0 Å². The van der Waals surface area contributed by atoms with E-state index >= 15 is 0 Å². The van der Waals surface area contributed by atoms with Gasteiger partial charge in [0.25, 0.3) is 0 Å². The molecule has 5 nitrogen and oxygen atoms in total. The van der Waals surface area contributed by atoms with E-state index in [4.69, 9.17) is 9.84 Å². The number of nitrogens with zero attached hydrogens (tertiary/aromatic N) is 1. The molecule has 0 aliphatic heterocycles. The molecule has 0 spiro atoms. The second-order valence-corrected chi connectivity index (χ2v) is 3.87. The summed E-state index contributed by atoms with van der Waals surface area (Å²) in [5, 5.41) is 8.99. The van der Waals surface area contributed by atoms with Crippen LogP contribution in [0.5, 0.6) is 5.75 Å². The van der Waals surface area contributed by atoms with Crippen molar-refractivity contribution in [2.75, 3.05) is 19.1 Å². The molecule has 0 aromatic heterocycles. The molecule has 5 heteroatoms. The van der Waals surface area contributed by atoms with Gasteiger partial charge in [-0.05, 0) is 18.6 Å². The molecule has 1 aromatic carbocycles. The Bertz CT molecular complexity index is 444. The number of hydrogen-bond acceptors (Lipinski definition) is 3. The first-order chi connectivity index (χ1) is 8.52. The lowest BCUT2D eigenvalue weighted by molar-refractivity contribution is -0.146. The molecule has 1 amide bonds. The topological polar surface area (TPSA) is 66.8 Å². The van der Waals surface area contributed by atoms with Gasteiger partial charge in [-0.15, -0.1) is 0 Å². The maximum absolute atomic E-state index is 12.1. The molecular formula is C13H17NO4. The standard InChI is InChI=1S/C13H17NO4/c1-4-9(13(16)17)12(15)14(2)10-7-5-6-8-11(10)18-3/h5-9H,4H2,1-3H3,(H,16,17). The van der Waals surface area contributed by atoms with Crippen LogP contribution in [0.15, 0.2) is 24.3 Å². The van der Waals surface area contributed by atoms with Crippen molar-refractivity contribution in [3.05, 3.63) is 24.3 Å². The van der Waals surface area contributed by atoms with Crippen molar-refractivity contribution in [2.24, 2.45) is 5.92 Å². The number of benzene rings is 1. The van der Waals surface area contributed by atoms with E-state index in [0.29, 0.717) is 11.4 Å². The van der Waals surface area contributed by atoms with Crippen LogP contribution in [0.3, 0.4) is 0 Å². The first-order valence-corrected chi connectivity index (χ1v) is 5.66. The summed E-state index contributed by atoms with van der Waals surface area (Å²) in [6, 6.07) is 6.99. The molecular weight excluding hydrogens is 234 g/mol. The molecule has 0 bridgehead atoms. The van der Waals surface area contributed by atoms with Crippen LogP contribution in [-0.4, -0.2) is 31.1 Å². The lowest BCUT2D eigenvalue weighted by atomic mass is 10.1. The zero-order chi connectivity index (χ0) is 13.7. The Morgan fingerprint density at radius 2 is 2.00 bits per heavy atom. The molecule has 0 saturated carbocycles. The zero-order valence-corrected chi connectivity index (χ0v) is 10.7. The molecule has 1 atom stereocenters. The van der Waals surface area contributed by atoms with Crippen molar-refractivity contribution in [1.82, 2.24) is 0 Å². The Kier molecular flexibility index (Phi) is 4.71. The second kappa shape index (κ2) is 6.05. The van der Waals surface area contributed by atoms with E-state index in [1.807, 2.05) is 0 Å². The van der Waals surface area contributed by atoms with Crippen molar-refractivity contribution in [2.45, 2.75) is 13.3 Å². The highest BCUT2D eigenvalue weighted by Crippen LogP contribution is 2.27. The van der Waals surface area contributed by atoms with Crippen molar-refractivity contribution in [3.8, 4) is 5.75 Å². The van der Waals surface area contributed by atoms with Gasteiger partial charge in [-0.3, -0.25) is 9.59 Å². The number of carbonyl (C=O) groups excluding carboxylic acids is 1. The number of anilines is 1. The van der Waals surface area contributed by atoms with Crippen molar-refractivity contribution < 1.29 is 19.4 Å². The number of methoxy groups -OCH3 is 1. The fourth-order valence-electron chi connectivity index (χ4n) is 1.71. The average Bonchev–Trinajstić information content (AvgIpc) is 2.38. The van der Waals surface area contributed by atoms with Gasteiger partial charge in [0, 0.05) is 7.05 Å². The van der Waals surface area contributed by atoms with Crippen molar-refractivity contribution >= 4 is 17.6 Å². The maximum Gasteiger partial charge on any atom is 0.316 e. The number of amides is 1. The molecule has 0 aliphatic rings. The third kappa shape index (κ3) is 2.80. The summed E-state index contributed by atoms with van der Waals surface area (Å²) in [7, 11) is 3.05. The summed E-state index contributed by atoms with van der Waals surface area (Å²) >= 11 is 0. The predicted octanol–water partition coefficient (Wildman–Crippen LogP) is 1.77. The van der Waals surface area contributed by atoms with Crippen LogP contribution in [0.4, 0.5) is 5.69 Å². The van der Waals surface area contributed by atoms with Crippen LogP contribution in [0, 0.1) is 5.92 Å². The third-order valence-corrected chi connectivity index (χ3v) is 2.78. The van der Waals surface area contributed by atoms with Gasteiger partial charge in [0.15, 0.2) is 0 Å². The number of carboxylic acid groups (broad SMARTS) is 1. The average molecular weight is 251 g/mol. The molecule has 0 radical (unpaired) electrons. The smallest absolute Gasteiger partial charge is 0.316 e. The normalized spacial score (nSPS) is 11.7. The second-order valence-electron chi connectivity index (χ2n) is 3.87. The summed E-state index contributed by atoms with van der Waals surface area (Å²) in [6.45, 7) is 1.67. The summed E-state index contributed by atoms with van der Waals surface area (Å²) in [6.07, 6.45) is 0.258. The molecule has 0 heterocycles. The minimum absolute atomic E-state index is 0.258. The highest BCUT2D eigenvalue weighted by Gasteiger charge is 2.28. The van der Waals surface area contributed by atoms with E-state index in [1.54, 1.807) is 38.2 Å². The predicted molar refractivity (Wildman–Crippen MR) is 67.8 cm³/mol. The number of carboxylic acids is 1. The Labute approximate surface area is 106 Å². The quantitative estimate of drug-likeness (QED) is 0.810. The molecule has 1 N–H and O–H groups in total. The van der Waals surface area contributed by atoms with Crippen LogP contribution in [0.1, 0.15) is 13.3 Å². The number of hydrogen-bond donors (Lipinski definition) is 1. The van der Waals surface area contributed by atoms with Gasteiger partial charge in [0.1, 0.15) is 11.7 Å². The molecule has 98 valence electrons. The Hall–Kier alpha value is -2.04.